The van der Waals surface area contributed by atoms with Crippen molar-refractivity contribution in [2.24, 2.45) is 0 Å². The van der Waals surface area contributed by atoms with Crippen LogP contribution in [0.2, 0.25) is 0 Å². The molecule has 5 unspecified atom stereocenters. The van der Waals surface area contributed by atoms with Crippen molar-refractivity contribution >= 4 is 15.6 Å². The van der Waals surface area contributed by atoms with Crippen LogP contribution in [0.3, 0.4) is 0 Å². The molecule has 0 aromatic rings. The van der Waals surface area contributed by atoms with Gasteiger partial charge in [-0.05, 0) is 0 Å². The molecule has 20 heavy (non-hydrogen) atoms. The number of phosphoric ester groups is 2. The van der Waals surface area contributed by atoms with E-state index in [0.717, 1.165) is 0 Å². The van der Waals surface area contributed by atoms with Crippen LogP contribution in [0.25, 0.3) is 0 Å². The van der Waals surface area contributed by atoms with Gasteiger partial charge in [0.1, 0.15) is 36.6 Å². The molecule has 120 valence electrons. The van der Waals surface area contributed by atoms with E-state index in [4.69, 9.17) is 9.79 Å². The van der Waals surface area contributed by atoms with Gasteiger partial charge in [0, 0.05) is 0 Å². The van der Waals surface area contributed by atoms with Gasteiger partial charge in [0.15, 0.2) is 0 Å². The molecule has 6 N–H and O–H groups in total. The van der Waals surface area contributed by atoms with Crippen LogP contribution < -0.4 is 9.79 Å². The van der Waals surface area contributed by atoms with Crippen LogP contribution in [-0.4, -0.2) is 66.8 Å². The van der Waals surface area contributed by atoms with Crippen molar-refractivity contribution in [1.82, 2.24) is 0 Å². The van der Waals surface area contributed by atoms with E-state index < -0.39 is 52.3 Å². The van der Waals surface area contributed by atoms with E-state index in [1.54, 1.807) is 0 Å². The summed E-state index contributed by atoms with van der Waals surface area (Å²) in [6.07, 6.45) is -13.3. The van der Waals surface area contributed by atoms with Crippen LogP contribution in [0.1, 0.15) is 0 Å². The van der Waals surface area contributed by atoms with Crippen LogP contribution in [0.5, 0.6) is 0 Å². The van der Waals surface area contributed by atoms with E-state index in [2.05, 4.69) is 9.05 Å². The lowest BCUT2D eigenvalue weighted by Crippen LogP contribution is -2.64. The van der Waals surface area contributed by atoms with E-state index in [1.807, 2.05) is 0 Å². The molecule has 0 amide bonds. The number of aliphatic hydroxyl groups is 4. The van der Waals surface area contributed by atoms with Crippen molar-refractivity contribution in [3.63, 3.8) is 0 Å². The van der Waals surface area contributed by atoms with E-state index in [-0.39, 0.29) is 0 Å². The minimum Gasteiger partial charge on any atom is -0.756 e. The normalized spacial score (nSPS) is 44.6. The van der Waals surface area contributed by atoms with E-state index >= 15 is 0 Å². The number of phosphoric acid groups is 2. The van der Waals surface area contributed by atoms with Crippen molar-refractivity contribution < 1.29 is 58.2 Å². The topological polar surface area (TPSA) is 220 Å². The highest BCUT2D eigenvalue weighted by atomic mass is 31.2. The average molecular weight is 338 g/mol. The molecule has 8 atom stereocenters. The Morgan fingerprint density at radius 2 is 1.00 bits per heavy atom. The fourth-order valence-electron chi connectivity index (χ4n) is 1.74. The zero-order chi connectivity index (χ0) is 15.9. The van der Waals surface area contributed by atoms with Gasteiger partial charge in [-0.2, -0.15) is 0 Å². The van der Waals surface area contributed by atoms with Crippen LogP contribution >= 0.6 is 15.6 Å². The molecule has 1 fully saturated rings. The summed E-state index contributed by atoms with van der Waals surface area (Å²) < 4.78 is 28.9. The molecule has 0 radical (unpaired) electrons. The van der Waals surface area contributed by atoms with Gasteiger partial charge < -0.3 is 49.0 Å². The second-order valence-corrected chi connectivity index (χ2v) is 6.34. The lowest BCUT2D eigenvalue weighted by atomic mass is 9.85. The van der Waals surface area contributed by atoms with Gasteiger partial charge in [-0.15, -0.1) is 0 Å². The standard InChI is InChI=1S/C6H14O12P2/c7-1-2(8)5(17-19(11,12)13)4(10)6(3(1)9)18-20(14,15)16/h1-10H,(H2,11,12,13)(H2,14,15,16)/p-2/t1?,2-,3-,4?,5-,6?/m0/s1. The molecule has 0 aromatic carbocycles. The van der Waals surface area contributed by atoms with Crippen LogP contribution in [0.4, 0.5) is 0 Å². The second kappa shape index (κ2) is 6.05. The lowest BCUT2D eigenvalue weighted by molar-refractivity contribution is -0.268. The summed E-state index contributed by atoms with van der Waals surface area (Å²) in [7, 11) is -10.9. The van der Waals surface area contributed by atoms with E-state index in [9.17, 15) is 39.3 Å². The van der Waals surface area contributed by atoms with E-state index in [1.165, 1.54) is 0 Å². The molecular weight excluding hydrogens is 326 g/mol. The van der Waals surface area contributed by atoms with Crippen molar-refractivity contribution in [3.05, 3.63) is 0 Å². The van der Waals surface area contributed by atoms with Crippen LogP contribution in [0.15, 0.2) is 0 Å². The fourth-order valence-corrected chi connectivity index (χ4v) is 2.85. The summed E-state index contributed by atoms with van der Waals surface area (Å²) in [6.45, 7) is 0. The minimum absolute atomic E-state index is 2.17. The van der Waals surface area contributed by atoms with Gasteiger partial charge in [-0.3, -0.25) is 9.13 Å². The molecule has 0 bridgehead atoms. The maximum Gasteiger partial charge on any atom is 0.265 e. The second-order valence-electron chi connectivity index (χ2n) is 4.04. The largest absolute Gasteiger partial charge is 0.756 e. The number of hydrogen-bond acceptors (Lipinski definition) is 10. The lowest BCUT2D eigenvalue weighted by Gasteiger charge is -2.44. The Hall–Kier alpha value is 0.0600. The van der Waals surface area contributed by atoms with E-state index in [0.29, 0.717) is 0 Å². The number of aliphatic hydroxyl groups excluding tert-OH is 4. The highest BCUT2D eigenvalue weighted by Crippen LogP contribution is 2.42. The van der Waals surface area contributed by atoms with Crippen LogP contribution in [-0.2, 0) is 18.2 Å². The SMILES string of the molecule is O=P([O-])(O)OC1C(O)[C@@H](OP(=O)([O-])O)[C@@H](O)C(O)[C@@H]1O. The van der Waals surface area contributed by atoms with Crippen molar-refractivity contribution in [2.75, 3.05) is 0 Å². The summed E-state index contributed by atoms with van der Waals surface area (Å²) in [4.78, 5) is 38.1. The molecule has 1 aliphatic rings. The molecule has 0 spiro atoms. The smallest absolute Gasteiger partial charge is 0.265 e. The van der Waals surface area contributed by atoms with Crippen LogP contribution in [0, 0.1) is 0 Å². The molecule has 1 rings (SSSR count). The van der Waals surface area contributed by atoms with Gasteiger partial charge in [0.05, 0.1) is 0 Å². The Kier molecular flexibility index (Phi) is 5.48. The summed E-state index contributed by atoms with van der Waals surface area (Å²) in [5.74, 6) is 0. The first-order valence-corrected chi connectivity index (χ1v) is 7.99. The molecule has 1 aliphatic carbocycles. The predicted octanol–water partition coefficient (Wildman–Crippen LogP) is -4.86. The quantitative estimate of drug-likeness (QED) is 0.266. The molecule has 0 heterocycles. The van der Waals surface area contributed by atoms with Gasteiger partial charge in [-0.25, -0.2) is 0 Å². The third-order valence-corrected chi connectivity index (χ3v) is 3.58. The molecule has 14 heteroatoms. The zero-order valence-electron chi connectivity index (χ0n) is 9.49. The first-order chi connectivity index (χ1) is 8.83. The van der Waals surface area contributed by atoms with Gasteiger partial charge in [-0.1, -0.05) is 0 Å². The summed E-state index contributed by atoms with van der Waals surface area (Å²) in [5, 5.41) is 37.8. The Balaban J connectivity index is 3.02. The Bertz CT molecular complexity index is 390. The Labute approximate surface area is 111 Å². The predicted molar refractivity (Wildman–Crippen MR) is 53.4 cm³/mol. The summed E-state index contributed by atoms with van der Waals surface area (Å²) >= 11 is 0. The van der Waals surface area contributed by atoms with Crippen molar-refractivity contribution in [2.45, 2.75) is 36.6 Å². The maximum absolute atomic E-state index is 10.6. The molecule has 0 saturated heterocycles. The van der Waals surface area contributed by atoms with Gasteiger partial charge in [0.25, 0.3) is 15.6 Å². The van der Waals surface area contributed by atoms with Gasteiger partial charge in [0.2, 0.25) is 0 Å². The summed E-state index contributed by atoms with van der Waals surface area (Å²) in [5.41, 5.74) is 0. The Morgan fingerprint density at radius 1 is 0.700 bits per heavy atom. The minimum atomic E-state index is -5.46. The highest BCUT2D eigenvalue weighted by molar-refractivity contribution is 7.45. The van der Waals surface area contributed by atoms with Crippen molar-refractivity contribution in [1.29, 1.82) is 0 Å². The number of hydrogen-bond donors (Lipinski definition) is 6. The molecule has 0 aromatic heterocycles. The maximum atomic E-state index is 10.6. The molecule has 0 aliphatic heterocycles. The third kappa shape index (κ3) is 4.53. The molecule has 12 nitrogen and oxygen atoms in total. The molecule has 1 saturated carbocycles. The highest BCUT2D eigenvalue weighted by Gasteiger charge is 2.52. The fraction of sp³-hybridized carbons (Fsp3) is 1.00. The zero-order valence-corrected chi connectivity index (χ0v) is 11.3. The average Bonchev–Trinajstić information content (AvgIpc) is 2.25. The van der Waals surface area contributed by atoms with Gasteiger partial charge >= 0.3 is 0 Å². The Morgan fingerprint density at radius 3 is 1.25 bits per heavy atom. The first kappa shape index (κ1) is 18.1. The molecular formula is C6H12O12P2-2. The number of rotatable bonds is 4. The monoisotopic (exact) mass is 338 g/mol. The van der Waals surface area contributed by atoms with Crippen molar-refractivity contribution in [3.8, 4) is 0 Å². The summed E-state index contributed by atoms with van der Waals surface area (Å²) in [6, 6.07) is 0. The third-order valence-electron chi connectivity index (χ3n) is 2.56. The first-order valence-electron chi connectivity index (χ1n) is 5.00.